The van der Waals surface area contributed by atoms with Crippen LogP contribution in [0.1, 0.15) is 24.0 Å². The standard InChI is InChI=1S/C19H24N4O4S/c1-6-22(4)28(24,25)18-13(2)21-23(14(18)3)11-16-12-27-19(20-16)15-7-9-17(26-5)10-8-15/h7-10,12H,6,11H2,1-5H3. The topological polar surface area (TPSA) is 90.5 Å². The first-order valence-electron chi connectivity index (χ1n) is 8.87. The fourth-order valence-corrected chi connectivity index (χ4v) is 4.48. The Balaban J connectivity index is 1.87. The van der Waals surface area contributed by atoms with Crippen molar-refractivity contribution in [1.29, 1.82) is 0 Å². The summed E-state index contributed by atoms with van der Waals surface area (Å²) in [4.78, 5) is 4.74. The predicted octanol–water partition coefficient (Wildman–Crippen LogP) is 2.85. The minimum Gasteiger partial charge on any atom is -0.497 e. The molecule has 0 unspecified atom stereocenters. The zero-order chi connectivity index (χ0) is 20.5. The summed E-state index contributed by atoms with van der Waals surface area (Å²) in [5.41, 5.74) is 2.53. The van der Waals surface area contributed by atoms with Gasteiger partial charge in [-0.3, -0.25) is 4.68 Å². The second kappa shape index (κ2) is 7.76. The van der Waals surface area contributed by atoms with E-state index in [0.717, 1.165) is 11.3 Å². The highest BCUT2D eigenvalue weighted by Crippen LogP contribution is 2.25. The lowest BCUT2D eigenvalue weighted by Gasteiger charge is -2.15. The highest BCUT2D eigenvalue weighted by Gasteiger charge is 2.28. The van der Waals surface area contributed by atoms with Crippen LogP contribution < -0.4 is 4.74 Å². The maximum absolute atomic E-state index is 12.7. The highest BCUT2D eigenvalue weighted by molar-refractivity contribution is 7.89. The maximum atomic E-state index is 12.7. The van der Waals surface area contributed by atoms with Crippen molar-refractivity contribution in [2.24, 2.45) is 0 Å². The van der Waals surface area contributed by atoms with Crippen LogP contribution in [0.2, 0.25) is 0 Å². The summed E-state index contributed by atoms with van der Waals surface area (Å²) >= 11 is 0. The Labute approximate surface area is 164 Å². The van der Waals surface area contributed by atoms with Crippen molar-refractivity contribution in [2.75, 3.05) is 20.7 Å². The third-order valence-corrected chi connectivity index (χ3v) is 6.81. The van der Waals surface area contributed by atoms with Crippen LogP contribution in [-0.4, -0.2) is 48.2 Å². The molecule has 0 aliphatic carbocycles. The molecule has 0 radical (unpaired) electrons. The third kappa shape index (κ3) is 3.67. The Kier molecular flexibility index (Phi) is 5.57. The first-order chi connectivity index (χ1) is 13.3. The lowest BCUT2D eigenvalue weighted by molar-refractivity contribution is 0.415. The molecular formula is C19H24N4O4S. The minimum absolute atomic E-state index is 0.246. The van der Waals surface area contributed by atoms with Crippen molar-refractivity contribution in [3.63, 3.8) is 0 Å². The first kappa shape index (κ1) is 20.1. The molecule has 28 heavy (non-hydrogen) atoms. The number of oxazole rings is 1. The van der Waals surface area contributed by atoms with E-state index in [-0.39, 0.29) is 4.90 Å². The van der Waals surface area contributed by atoms with E-state index in [0.29, 0.717) is 36.1 Å². The monoisotopic (exact) mass is 404 g/mol. The molecule has 0 bridgehead atoms. The number of aryl methyl sites for hydroxylation is 1. The van der Waals surface area contributed by atoms with Crippen molar-refractivity contribution in [1.82, 2.24) is 19.1 Å². The van der Waals surface area contributed by atoms with Crippen LogP contribution in [0, 0.1) is 13.8 Å². The van der Waals surface area contributed by atoms with Gasteiger partial charge in [0.15, 0.2) is 0 Å². The number of hydrogen-bond donors (Lipinski definition) is 0. The van der Waals surface area contributed by atoms with Crippen molar-refractivity contribution in [3.8, 4) is 17.2 Å². The van der Waals surface area contributed by atoms with Gasteiger partial charge >= 0.3 is 0 Å². The Hall–Kier alpha value is -2.65. The van der Waals surface area contributed by atoms with Gasteiger partial charge in [-0.2, -0.15) is 5.10 Å². The summed E-state index contributed by atoms with van der Waals surface area (Å²) in [6.07, 6.45) is 1.56. The van der Waals surface area contributed by atoms with Gasteiger partial charge in [0.2, 0.25) is 15.9 Å². The van der Waals surface area contributed by atoms with Gasteiger partial charge in [0.05, 0.1) is 25.0 Å². The maximum Gasteiger partial charge on any atom is 0.246 e. The van der Waals surface area contributed by atoms with Crippen LogP contribution in [0.3, 0.4) is 0 Å². The fraction of sp³-hybridized carbons (Fsp3) is 0.368. The molecule has 0 aliphatic heterocycles. The van der Waals surface area contributed by atoms with Crippen LogP contribution in [0.5, 0.6) is 5.75 Å². The fourth-order valence-electron chi connectivity index (χ4n) is 2.93. The average Bonchev–Trinajstić information content (AvgIpc) is 3.25. The quantitative estimate of drug-likeness (QED) is 0.601. The average molecular weight is 404 g/mol. The number of hydrogen-bond acceptors (Lipinski definition) is 6. The molecule has 0 aliphatic rings. The Bertz CT molecular complexity index is 1070. The van der Waals surface area contributed by atoms with E-state index in [2.05, 4.69) is 10.1 Å². The molecule has 150 valence electrons. The Morgan fingerprint density at radius 3 is 2.50 bits per heavy atom. The minimum atomic E-state index is -3.57. The Morgan fingerprint density at radius 1 is 1.21 bits per heavy atom. The van der Waals surface area contributed by atoms with Crippen molar-refractivity contribution < 1.29 is 17.6 Å². The van der Waals surface area contributed by atoms with E-state index >= 15 is 0 Å². The molecule has 3 aromatic rings. The third-order valence-electron chi connectivity index (χ3n) is 4.63. The van der Waals surface area contributed by atoms with Gasteiger partial charge in [0.1, 0.15) is 22.6 Å². The van der Waals surface area contributed by atoms with Gasteiger partial charge in [-0.1, -0.05) is 6.92 Å². The molecule has 0 N–H and O–H groups in total. The molecule has 0 saturated carbocycles. The largest absolute Gasteiger partial charge is 0.497 e. The van der Waals surface area contributed by atoms with Gasteiger partial charge in [0, 0.05) is 19.2 Å². The summed E-state index contributed by atoms with van der Waals surface area (Å²) in [6.45, 7) is 5.95. The second-order valence-corrected chi connectivity index (χ2v) is 8.43. The van der Waals surface area contributed by atoms with Crippen LogP contribution in [0.15, 0.2) is 39.8 Å². The van der Waals surface area contributed by atoms with Crippen molar-refractivity contribution in [2.45, 2.75) is 32.2 Å². The summed E-state index contributed by atoms with van der Waals surface area (Å²) in [7, 11) is -0.402. The van der Waals surface area contributed by atoms with Gasteiger partial charge in [-0.15, -0.1) is 0 Å². The number of nitrogens with zero attached hydrogens (tertiary/aromatic N) is 4. The van der Waals surface area contributed by atoms with Crippen LogP contribution >= 0.6 is 0 Å². The number of ether oxygens (including phenoxy) is 1. The molecule has 8 nitrogen and oxygen atoms in total. The summed E-state index contributed by atoms with van der Waals surface area (Å²) < 4.78 is 39.2. The molecule has 3 rings (SSSR count). The van der Waals surface area contributed by atoms with E-state index in [4.69, 9.17) is 9.15 Å². The van der Waals surface area contributed by atoms with Crippen LogP contribution in [0.4, 0.5) is 0 Å². The number of methoxy groups -OCH3 is 1. The second-order valence-electron chi connectivity index (χ2n) is 6.45. The molecule has 9 heteroatoms. The van der Waals surface area contributed by atoms with E-state index in [1.165, 1.54) is 4.31 Å². The van der Waals surface area contributed by atoms with Gasteiger partial charge in [-0.25, -0.2) is 17.7 Å². The van der Waals surface area contributed by atoms with Crippen LogP contribution in [0.25, 0.3) is 11.5 Å². The lowest BCUT2D eigenvalue weighted by Crippen LogP contribution is -2.27. The molecule has 2 heterocycles. The van der Waals surface area contributed by atoms with E-state index in [1.807, 2.05) is 24.3 Å². The summed E-state index contributed by atoms with van der Waals surface area (Å²) in [5.74, 6) is 1.24. The molecule has 0 spiro atoms. The lowest BCUT2D eigenvalue weighted by atomic mass is 10.2. The smallest absolute Gasteiger partial charge is 0.246 e. The molecule has 2 aromatic heterocycles. The molecule has 0 fully saturated rings. The number of aromatic nitrogens is 3. The Morgan fingerprint density at radius 2 is 1.89 bits per heavy atom. The van der Waals surface area contributed by atoms with E-state index < -0.39 is 10.0 Å². The molecule has 1 aromatic carbocycles. The number of rotatable bonds is 7. The first-order valence-corrected chi connectivity index (χ1v) is 10.3. The van der Waals surface area contributed by atoms with Gasteiger partial charge in [-0.05, 0) is 38.1 Å². The summed E-state index contributed by atoms with van der Waals surface area (Å²) in [6, 6.07) is 7.40. The van der Waals surface area contributed by atoms with E-state index in [1.54, 1.807) is 45.9 Å². The van der Waals surface area contributed by atoms with E-state index in [9.17, 15) is 8.42 Å². The predicted molar refractivity (Wildman–Crippen MR) is 105 cm³/mol. The molecule has 0 amide bonds. The number of sulfonamides is 1. The highest BCUT2D eigenvalue weighted by atomic mass is 32.2. The normalized spacial score (nSPS) is 11.9. The summed E-state index contributed by atoms with van der Waals surface area (Å²) in [5, 5.41) is 4.41. The van der Waals surface area contributed by atoms with Crippen LogP contribution in [-0.2, 0) is 16.6 Å². The number of benzene rings is 1. The SMILES string of the molecule is CCN(C)S(=O)(=O)c1c(C)nn(Cc2coc(-c3ccc(OC)cc3)n2)c1C. The van der Waals surface area contributed by atoms with Crippen molar-refractivity contribution >= 4 is 10.0 Å². The molecular weight excluding hydrogens is 380 g/mol. The molecule has 0 atom stereocenters. The van der Waals surface area contributed by atoms with Crippen molar-refractivity contribution in [3.05, 3.63) is 47.6 Å². The van der Waals surface area contributed by atoms with Gasteiger partial charge in [0.25, 0.3) is 0 Å². The zero-order valence-electron chi connectivity index (χ0n) is 16.6. The zero-order valence-corrected chi connectivity index (χ0v) is 17.4. The molecule has 0 saturated heterocycles. The van der Waals surface area contributed by atoms with Gasteiger partial charge < -0.3 is 9.15 Å².